The molecule has 3 nitrogen and oxygen atoms in total. The summed E-state index contributed by atoms with van der Waals surface area (Å²) in [6, 6.07) is 11.2. The number of methoxy groups -OCH3 is 1. The molecule has 0 heterocycles. The van der Waals surface area contributed by atoms with Crippen molar-refractivity contribution in [2.24, 2.45) is 5.73 Å². The second-order valence-electron chi connectivity index (χ2n) is 4.25. The van der Waals surface area contributed by atoms with E-state index in [9.17, 15) is 4.39 Å². The van der Waals surface area contributed by atoms with Gasteiger partial charge in [-0.25, -0.2) is 4.39 Å². The van der Waals surface area contributed by atoms with Crippen LogP contribution in [-0.2, 0) is 0 Å². The van der Waals surface area contributed by atoms with Gasteiger partial charge >= 0.3 is 0 Å². The normalized spacial score (nSPS) is 12.0. The molecular formula is C15H16FNO2. The molecule has 0 fully saturated rings. The molecule has 1 atom stereocenters. The second-order valence-corrected chi connectivity index (χ2v) is 4.25. The van der Waals surface area contributed by atoms with Crippen LogP contribution in [0.2, 0.25) is 0 Å². The Morgan fingerprint density at radius 1 is 1.11 bits per heavy atom. The number of nitrogens with two attached hydrogens (primary N) is 1. The quantitative estimate of drug-likeness (QED) is 0.913. The highest BCUT2D eigenvalue weighted by atomic mass is 19.1. The lowest BCUT2D eigenvalue weighted by molar-refractivity contribution is 0.408. The van der Waals surface area contributed by atoms with Crippen LogP contribution in [0.3, 0.4) is 0 Å². The Kier molecular flexibility index (Phi) is 4.02. The monoisotopic (exact) mass is 261 g/mol. The molecule has 0 aromatic heterocycles. The van der Waals surface area contributed by atoms with E-state index in [4.69, 9.17) is 15.2 Å². The van der Waals surface area contributed by atoms with Crippen molar-refractivity contribution in [2.75, 3.05) is 7.11 Å². The minimum Gasteiger partial charge on any atom is -0.497 e. The van der Waals surface area contributed by atoms with Crippen LogP contribution in [0.4, 0.5) is 4.39 Å². The molecule has 0 saturated carbocycles. The number of ether oxygens (including phenoxy) is 2. The smallest absolute Gasteiger partial charge is 0.132 e. The van der Waals surface area contributed by atoms with E-state index in [0.29, 0.717) is 22.8 Å². The van der Waals surface area contributed by atoms with E-state index in [1.165, 1.54) is 12.1 Å². The first-order valence-electron chi connectivity index (χ1n) is 5.97. The van der Waals surface area contributed by atoms with E-state index >= 15 is 0 Å². The number of hydrogen-bond acceptors (Lipinski definition) is 3. The van der Waals surface area contributed by atoms with Crippen LogP contribution < -0.4 is 15.2 Å². The summed E-state index contributed by atoms with van der Waals surface area (Å²) < 4.78 is 24.1. The van der Waals surface area contributed by atoms with Crippen molar-refractivity contribution >= 4 is 0 Å². The maximum atomic E-state index is 13.2. The Labute approximate surface area is 111 Å². The maximum absolute atomic E-state index is 13.2. The summed E-state index contributed by atoms with van der Waals surface area (Å²) in [4.78, 5) is 0. The number of halogens is 1. The molecule has 2 rings (SSSR count). The molecule has 0 aliphatic carbocycles. The first kappa shape index (κ1) is 13.4. The van der Waals surface area contributed by atoms with E-state index in [0.717, 1.165) is 0 Å². The van der Waals surface area contributed by atoms with E-state index in [2.05, 4.69) is 0 Å². The van der Waals surface area contributed by atoms with Gasteiger partial charge in [-0.15, -0.1) is 0 Å². The fourth-order valence-corrected chi connectivity index (χ4v) is 1.76. The Morgan fingerprint density at radius 2 is 1.84 bits per heavy atom. The van der Waals surface area contributed by atoms with Crippen LogP contribution in [0, 0.1) is 5.82 Å². The molecule has 0 aliphatic heterocycles. The van der Waals surface area contributed by atoms with E-state index in [1.54, 1.807) is 32.2 Å². The average Bonchev–Trinajstić information content (AvgIpc) is 2.41. The Morgan fingerprint density at radius 3 is 2.53 bits per heavy atom. The molecular weight excluding hydrogens is 245 g/mol. The van der Waals surface area contributed by atoms with Gasteiger partial charge in [-0.3, -0.25) is 0 Å². The molecule has 2 N–H and O–H groups in total. The third-order valence-electron chi connectivity index (χ3n) is 2.73. The van der Waals surface area contributed by atoms with Gasteiger partial charge in [-0.1, -0.05) is 6.07 Å². The molecule has 0 unspecified atom stereocenters. The van der Waals surface area contributed by atoms with Crippen LogP contribution in [-0.4, -0.2) is 7.11 Å². The van der Waals surface area contributed by atoms with Crippen molar-refractivity contribution in [2.45, 2.75) is 13.0 Å². The summed E-state index contributed by atoms with van der Waals surface area (Å²) in [6.07, 6.45) is 0. The van der Waals surface area contributed by atoms with E-state index < -0.39 is 0 Å². The molecule has 0 amide bonds. The van der Waals surface area contributed by atoms with Crippen LogP contribution in [0.15, 0.2) is 42.5 Å². The molecule has 4 heteroatoms. The van der Waals surface area contributed by atoms with Crippen molar-refractivity contribution < 1.29 is 13.9 Å². The Balaban J connectivity index is 2.32. The second kappa shape index (κ2) is 5.71. The third-order valence-corrected chi connectivity index (χ3v) is 2.73. The van der Waals surface area contributed by atoms with Gasteiger partial charge in [0.15, 0.2) is 0 Å². The predicted octanol–water partition coefficient (Wildman–Crippen LogP) is 3.65. The first-order chi connectivity index (χ1) is 9.10. The highest BCUT2D eigenvalue weighted by Crippen LogP contribution is 2.30. The number of rotatable bonds is 4. The fraction of sp³-hybridized carbons (Fsp3) is 0.200. The Hall–Kier alpha value is -2.07. The van der Waals surface area contributed by atoms with Gasteiger partial charge in [0, 0.05) is 17.7 Å². The molecule has 0 saturated heterocycles. The lowest BCUT2D eigenvalue weighted by Gasteiger charge is -2.14. The molecule has 0 bridgehead atoms. The lowest BCUT2D eigenvalue weighted by Crippen LogP contribution is -2.07. The molecule has 2 aromatic rings. The molecule has 0 radical (unpaired) electrons. The largest absolute Gasteiger partial charge is 0.497 e. The van der Waals surface area contributed by atoms with Gasteiger partial charge < -0.3 is 15.2 Å². The van der Waals surface area contributed by atoms with Crippen molar-refractivity contribution in [3.8, 4) is 17.2 Å². The van der Waals surface area contributed by atoms with Gasteiger partial charge in [0.05, 0.1) is 7.11 Å². The third kappa shape index (κ3) is 3.23. The molecule has 0 spiro atoms. The number of benzene rings is 2. The van der Waals surface area contributed by atoms with Gasteiger partial charge in [0.2, 0.25) is 0 Å². The summed E-state index contributed by atoms with van der Waals surface area (Å²) >= 11 is 0. The molecule has 100 valence electrons. The first-order valence-corrected chi connectivity index (χ1v) is 5.97. The average molecular weight is 261 g/mol. The highest BCUT2D eigenvalue weighted by Gasteiger charge is 2.10. The zero-order valence-electron chi connectivity index (χ0n) is 10.9. The summed E-state index contributed by atoms with van der Waals surface area (Å²) in [7, 11) is 1.59. The van der Waals surface area contributed by atoms with Gasteiger partial charge in [0.1, 0.15) is 23.1 Å². The van der Waals surface area contributed by atoms with E-state index in [1.807, 2.05) is 12.1 Å². The molecule has 0 aliphatic rings. The van der Waals surface area contributed by atoms with Crippen molar-refractivity contribution in [3.05, 3.63) is 53.8 Å². The van der Waals surface area contributed by atoms with Gasteiger partial charge in [-0.2, -0.15) is 0 Å². The zero-order chi connectivity index (χ0) is 13.8. The lowest BCUT2D eigenvalue weighted by atomic mass is 10.1. The summed E-state index contributed by atoms with van der Waals surface area (Å²) in [6.45, 7) is 1.78. The van der Waals surface area contributed by atoms with Crippen LogP contribution >= 0.6 is 0 Å². The van der Waals surface area contributed by atoms with Crippen LogP contribution in [0.5, 0.6) is 17.2 Å². The SMILES string of the molecule is COc1cccc(Oc2ccc(F)cc2[C@H](C)N)c1. The summed E-state index contributed by atoms with van der Waals surface area (Å²) in [5.41, 5.74) is 6.45. The molecule has 2 aromatic carbocycles. The maximum Gasteiger partial charge on any atom is 0.132 e. The van der Waals surface area contributed by atoms with Crippen molar-refractivity contribution in [1.29, 1.82) is 0 Å². The predicted molar refractivity (Wildman–Crippen MR) is 72.1 cm³/mol. The highest BCUT2D eigenvalue weighted by molar-refractivity contribution is 5.41. The minimum atomic E-state index is -0.328. The fourth-order valence-electron chi connectivity index (χ4n) is 1.76. The summed E-state index contributed by atoms with van der Waals surface area (Å²) in [5.74, 6) is 1.53. The standard InChI is InChI=1S/C15H16FNO2/c1-10(17)14-8-11(16)6-7-15(14)19-13-5-3-4-12(9-13)18-2/h3-10H,17H2,1-2H3/t10-/m0/s1. The zero-order valence-corrected chi connectivity index (χ0v) is 10.9. The van der Waals surface area contributed by atoms with Crippen molar-refractivity contribution in [3.63, 3.8) is 0 Å². The number of hydrogen-bond donors (Lipinski definition) is 1. The molecule has 19 heavy (non-hydrogen) atoms. The van der Waals surface area contributed by atoms with Crippen LogP contribution in [0.1, 0.15) is 18.5 Å². The van der Waals surface area contributed by atoms with Gasteiger partial charge in [0.25, 0.3) is 0 Å². The van der Waals surface area contributed by atoms with Gasteiger partial charge in [-0.05, 0) is 37.3 Å². The summed E-state index contributed by atoms with van der Waals surface area (Å²) in [5, 5.41) is 0. The topological polar surface area (TPSA) is 44.5 Å². The van der Waals surface area contributed by atoms with Crippen molar-refractivity contribution in [1.82, 2.24) is 0 Å². The minimum absolute atomic E-state index is 0.309. The van der Waals surface area contributed by atoms with E-state index in [-0.39, 0.29) is 11.9 Å². The van der Waals surface area contributed by atoms with Crippen LogP contribution in [0.25, 0.3) is 0 Å². The Bertz CT molecular complexity index is 570.